The van der Waals surface area contributed by atoms with Gasteiger partial charge in [-0.3, -0.25) is 0 Å². The molecule has 0 aliphatic carbocycles. The van der Waals surface area contributed by atoms with E-state index in [-0.39, 0.29) is 0 Å². The van der Waals surface area contributed by atoms with E-state index in [4.69, 9.17) is 9.47 Å². The first-order valence-corrected chi connectivity index (χ1v) is 10.9. The van der Waals surface area contributed by atoms with Crippen LogP contribution in [-0.2, 0) is 13.0 Å². The molecule has 0 amide bonds. The van der Waals surface area contributed by atoms with Crippen LogP contribution in [0.25, 0.3) is 0 Å². The largest absolute Gasteiger partial charge is 0.493 e. The predicted molar refractivity (Wildman–Crippen MR) is 118 cm³/mol. The smallest absolute Gasteiger partial charge is 0.165 e. The highest BCUT2D eigenvalue weighted by Crippen LogP contribution is 2.31. The number of nitrogens with one attached hydrogen (secondary N) is 1. The second-order valence-electron chi connectivity index (χ2n) is 7.33. The summed E-state index contributed by atoms with van der Waals surface area (Å²) in [5, 5.41) is 3.55. The molecule has 0 bridgehead atoms. The van der Waals surface area contributed by atoms with Crippen LogP contribution in [0.15, 0.2) is 48.5 Å². The average Bonchev–Trinajstić information content (AvgIpc) is 2.74. The van der Waals surface area contributed by atoms with Gasteiger partial charge in [0.05, 0.1) is 13.7 Å². The van der Waals surface area contributed by atoms with Crippen molar-refractivity contribution in [2.45, 2.75) is 64.8 Å². The van der Waals surface area contributed by atoms with Gasteiger partial charge in [0.2, 0.25) is 0 Å². The molecule has 0 spiro atoms. The normalized spacial score (nSPS) is 10.8. The Morgan fingerprint density at radius 1 is 0.821 bits per heavy atom. The van der Waals surface area contributed by atoms with Crippen molar-refractivity contribution in [1.29, 1.82) is 0 Å². The summed E-state index contributed by atoms with van der Waals surface area (Å²) in [4.78, 5) is 0. The van der Waals surface area contributed by atoms with Gasteiger partial charge in [0, 0.05) is 12.1 Å². The fourth-order valence-corrected chi connectivity index (χ4v) is 3.37. The highest BCUT2D eigenvalue weighted by atomic mass is 16.5. The van der Waals surface area contributed by atoms with Crippen molar-refractivity contribution in [2.75, 3.05) is 20.3 Å². The van der Waals surface area contributed by atoms with Gasteiger partial charge in [0.15, 0.2) is 11.5 Å². The Morgan fingerprint density at radius 2 is 1.61 bits per heavy atom. The van der Waals surface area contributed by atoms with Crippen LogP contribution in [0.1, 0.15) is 63.0 Å². The Morgan fingerprint density at radius 3 is 2.39 bits per heavy atom. The highest BCUT2D eigenvalue weighted by molar-refractivity contribution is 5.46. The minimum Gasteiger partial charge on any atom is -0.493 e. The Hall–Kier alpha value is -2.00. The highest BCUT2D eigenvalue weighted by Gasteiger charge is 2.10. The number of rotatable bonds is 15. The van der Waals surface area contributed by atoms with E-state index in [0.717, 1.165) is 50.5 Å². The van der Waals surface area contributed by atoms with Gasteiger partial charge in [-0.15, -0.1) is 0 Å². The van der Waals surface area contributed by atoms with Crippen LogP contribution in [-0.4, -0.2) is 20.3 Å². The van der Waals surface area contributed by atoms with Crippen LogP contribution in [0.3, 0.4) is 0 Å². The number of benzene rings is 2. The van der Waals surface area contributed by atoms with Gasteiger partial charge >= 0.3 is 0 Å². The van der Waals surface area contributed by atoms with Crippen LogP contribution in [0, 0.1) is 0 Å². The first-order valence-electron chi connectivity index (χ1n) is 10.9. The summed E-state index contributed by atoms with van der Waals surface area (Å²) >= 11 is 0. The quantitative estimate of drug-likeness (QED) is 0.374. The summed E-state index contributed by atoms with van der Waals surface area (Å²) in [6.07, 6.45) is 9.85. The molecule has 0 aromatic heterocycles. The molecular weight excluding hydrogens is 346 g/mol. The number of methoxy groups -OCH3 is 1. The van der Waals surface area contributed by atoms with Gasteiger partial charge in [-0.25, -0.2) is 0 Å². The van der Waals surface area contributed by atoms with Crippen LogP contribution < -0.4 is 14.8 Å². The van der Waals surface area contributed by atoms with Crippen LogP contribution in [0.2, 0.25) is 0 Å². The molecule has 0 aliphatic heterocycles. The SMILES string of the molecule is CCCCCCCCOc1c(CNCCCc2ccccc2)cccc1OC. The van der Waals surface area contributed by atoms with Crippen molar-refractivity contribution < 1.29 is 9.47 Å². The molecule has 0 unspecified atom stereocenters. The van der Waals surface area contributed by atoms with Crippen LogP contribution >= 0.6 is 0 Å². The third-order valence-electron chi connectivity index (χ3n) is 5.00. The molecular formula is C25H37NO2. The molecule has 0 saturated carbocycles. The van der Waals surface area contributed by atoms with Gasteiger partial charge in [-0.05, 0) is 37.4 Å². The van der Waals surface area contributed by atoms with E-state index in [1.165, 1.54) is 43.2 Å². The number of hydrogen-bond acceptors (Lipinski definition) is 3. The van der Waals surface area contributed by atoms with Crippen molar-refractivity contribution in [3.8, 4) is 11.5 Å². The second-order valence-corrected chi connectivity index (χ2v) is 7.33. The Labute approximate surface area is 171 Å². The lowest BCUT2D eigenvalue weighted by Crippen LogP contribution is -2.16. The molecule has 2 rings (SSSR count). The van der Waals surface area contributed by atoms with E-state index in [9.17, 15) is 0 Å². The monoisotopic (exact) mass is 383 g/mol. The fourth-order valence-electron chi connectivity index (χ4n) is 3.37. The van der Waals surface area contributed by atoms with Crippen LogP contribution in [0.5, 0.6) is 11.5 Å². The standard InChI is InChI=1S/C25H37NO2/c1-3-4-5-6-7-11-20-28-25-23(17-12-18-24(25)27-2)21-26-19-13-16-22-14-9-8-10-15-22/h8-10,12,14-15,17-18,26H,3-7,11,13,16,19-21H2,1-2H3. The maximum atomic E-state index is 6.13. The summed E-state index contributed by atoms with van der Waals surface area (Å²) in [6.45, 7) is 4.80. The van der Waals surface area contributed by atoms with E-state index >= 15 is 0 Å². The Kier molecular flexibility index (Phi) is 11.2. The fraction of sp³-hybridized carbons (Fsp3) is 0.520. The van der Waals surface area contributed by atoms with Crippen molar-refractivity contribution >= 4 is 0 Å². The molecule has 0 atom stereocenters. The predicted octanol–water partition coefficient (Wildman–Crippen LogP) is 6.16. The minimum atomic E-state index is 0.757. The lowest BCUT2D eigenvalue weighted by atomic mass is 10.1. The van der Waals surface area contributed by atoms with Crippen LogP contribution in [0.4, 0.5) is 0 Å². The molecule has 2 aromatic rings. The topological polar surface area (TPSA) is 30.5 Å². The average molecular weight is 384 g/mol. The van der Waals surface area contributed by atoms with Crippen molar-refractivity contribution in [2.24, 2.45) is 0 Å². The molecule has 154 valence electrons. The maximum Gasteiger partial charge on any atom is 0.165 e. The van der Waals surface area contributed by atoms with Gasteiger partial charge in [0.1, 0.15) is 0 Å². The first kappa shape index (κ1) is 22.3. The van der Waals surface area contributed by atoms with E-state index < -0.39 is 0 Å². The first-order chi connectivity index (χ1) is 13.8. The molecule has 0 fully saturated rings. The van der Waals surface area contributed by atoms with E-state index in [2.05, 4.69) is 48.6 Å². The number of para-hydroxylation sites is 1. The Balaban J connectivity index is 1.74. The molecule has 3 nitrogen and oxygen atoms in total. The molecule has 0 aliphatic rings. The number of aryl methyl sites for hydroxylation is 1. The zero-order chi connectivity index (χ0) is 19.9. The summed E-state index contributed by atoms with van der Waals surface area (Å²) in [5.74, 6) is 1.73. The third-order valence-corrected chi connectivity index (χ3v) is 5.00. The molecule has 2 aromatic carbocycles. The van der Waals surface area contributed by atoms with E-state index in [1.807, 2.05) is 12.1 Å². The molecule has 0 heterocycles. The van der Waals surface area contributed by atoms with E-state index in [1.54, 1.807) is 7.11 Å². The van der Waals surface area contributed by atoms with Gasteiger partial charge in [-0.1, -0.05) is 81.5 Å². The number of unbranched alkanes of at least 4 members (excludes halogenated alkanes) is 5. The van der Waals surface area contributed by atoms with Gasteiger partial charge in [-0.2, -0.15) is 0 Å². The number of ether oxygens (including phenoxy) is 2. The van der Waals surface area contributed by atoms with Crippen molar-refractivity contribution in [3.63, 3.8) is 0 Å². The zero-order valence-corrected chi connectivity index (χ0v) is 17.7. The lowest BCUT2D eigenvalue weighted by molar-refractivity contribution is 0.281. The lowest BCUT2D eigenvalue weighted by Gasteiger charge is -2.15. The summed E-state index contributed by atoms with van der Waals surface area (Å²) in [6, 6.07) is 16.8. The second kappa shape index (κ2) is 14.1. The maximum absolute atomic E-state index is 6.13. The number of hydrogen-bond donors (Lipinski definition) is 1. The van der Waals surface area contributed by atoms with Crippen molar-refractivity contribution in [1.82, 2.24) is 5.32 Å². The zero-order valence-electron chi connectivity index (χ0n) is 17.7. The molecule has 1 N–H and O–H groups in total. The summed E-state index contributed by atoms with van der Waals surface area (Å²) < 4.78 is 11.7. The van der Waals surface area contributed by atoms with Gasteiger partial charge < -0.3 is 14.8 Å². The summed E-state index contributed by atoms with van der Waals surface area (Å²) in [7, 11) is 1.71. The Bertz CT molecular complexity index is 642. The summed E-state index contributed by atoms with van der Waals surface area (Å²) in [5.41, 5.74) is 2.57. The molecule has 28 heavy (non-hydrogen) atoms. The van der Waals surface area contributed by atoms with Crippen molar-refractivity contribution in [3.05, 3.63) is 59.7 Å². The molecule has 0 radical (unpaired) electrons. The minimum absolute atomic E-state index is 0.757. The third kappa shape index (κ3) is 8.35. The van der Waals surface area contributed by atoms with E-state index in [0.29, 0.717) is 0 Å². The molecule has 0 saturated heterocycles. The molecule has 3 heteroatoms. The van der Waals surface area contributed by atoms with Gasteiger partial charge in [0.25, 0.3) is 0 Å².